The minimum absolute atomic E-state index is 0.171. The third-order valence-electron chi connectivity index (χ3n) is 3.38. The van der Waals surface area contributed by atoms with Gasteiger partial charge in [-0.25, -0.2) is 0 Å². The Morgan fingerprint density at radius 2 is 1.76 bits per heavy atom. The Morgan fingerprint density at radius 3 is 2.44 bits per heavy atom. The van der Waals surface area contributed by atoms with E-state index in [-0.39, 0.29) is 12.5 Å². The lowest BCUT2D eigenvalue weighted by Gasteiger charge is -2.10. The van der Waals surface area contributed by atoms with Gasteiger partial charge in [-0.05, 0) is 61.1 Å². The Bertz CT molecular complexity index is 742. The molecule has 0 aliphatic rings. The van der Waals surface area contributed by atoms with Gasteiger partial charge in [-0.3, -0.25) is 20.4 Å². The van der Waals surface area contributed by atoms with Crippen molar-refractivity contribution in [3.05, 3.63) is 64.7 Å². The molecule has 0 saturated heterocycles. The molecule has 0 aliphatic heterocycles. The number of carbonyl (C=O) groups is 2. The maximum absolute atomic E-state index is 12.1. The van der Waals surface area contributed by atoms with Gasteiger partial charge in [0, 0.05) is 11.3 Å². The molecule has 0 fully saturated rings. The van der Waals surface area contributed by atoms with Gasteiger partial charge in [-0.2, -0.15) is 11.8 Å². The molecular weight excluding hydrogens is 336 g/mol. The van der Waals surface area contributed by atoms with E-state index in [1.54, 1.807) is 17.8 Å². The van der Waals surface area contributed by atoms with E-state index in [1.165, 1.54) is 0 Å². The molecule has 25 heavy (non-hydrogen) atoms. The summed E-state index contributed by atoms with van der Waals surface area (Å²) in [6.07, 6.45) is 2.00. The number of hydrogen-bond donors (Lipinski definition) is 2. The molecule has 0 aromatic heterocycles. The van der Waals surface area contributed by atoms with Crippen molar-refractivity contribution in [2.75, 3.05) is 12.9 Å². The zero-order valence-electron chi connectivity index (χ0n) is 14.6. The molecule has 5 nitrogen and oxygen atoms in total. The van der Waals surface area contributed by atoms with E-state index < -0.39 is 5.91 Å². The van der Waals surface area contributed by atoms with Crippen LogP contribution < -0.4 is 15.6 Å². The first-order valence-electron chi connectivity index (χ1n) is 7.86. The van der Waals surface area contributed by atoms with Gasteiger partial charge in [0.25, 0.3) is 11.8 Å². The molecule has 0 heterocycles. The van der Waals surface area contributed by atoms with E-state index in [9.17, 15) is 9.59 Å². The van der Waals surface area contributed by atoms with Crippen molar-refractivity contribution in [2.45, 2.75) is 19.6 Å². The van der Waals surface area contributed by atoms with E-state index in [4.69, 9.17) is 4.74 Å². The summed E-state index contributed by atoms with van der Waals surface area (Å²) in [6.45, 7) is 3.76. The van der Waals surface area contributed by atoms with Crippen LogP contribution in [-0.4, -0.2) is 24.7 Å². The Hall–Kier alpha value is -2.47. The van der Waals surface area contributed by atoms with E-state index >= 15 is 0 Å². The lowest BCUT2D eigenvalue weighted by atomic mass is 10.1. The molecule has 2 N–H and O–H groups in total. The van der Waals surface area contributed by atoms with Crippen molar-refractivity contribution in [1.29, 1.82) is 0 Å². The van der Waals surface area contributed by atoms with Gasteiger partial charge in [-0.1, -0.05) is 18.2 Å². The zero-order chi connectivity index (χ0) is 18.2. The van der Waals surface area contributed by atoms with Gasteiger partial charge in [0.1, 0.15) is 5.75 Å². The number of rotatable bonds is 6. The second-order valence-corrected chi connectivity index (χ2v) is 6.61. The minimum atomic E-state index is -0.423. The third kappa shape index (κ3) is 6.15. The Kier molecular flexibility index (Phi) is 6.89. The second-order valence-electron chi connectivity index (χ2n) is 5.75. The van der Waals surface area contributed by atoms with Crippen molar-refractivity contribution >= 4 is 23.6 Å². The fraction of sp³-hybridized carbons (Fsp3) is 0.263. The minimum Gasteiger partial charge on any atom is -0.484 e. The highest BCUT2D eigenvalue weighted by Crippen LogP contribution is 2.16. The highest BCUT2D eigenvalue weighted by molar-refractivity contribution is 7.97. The molecular formula is C19H22N2O3S. The molecule has 0 spiro atoms. The summed E-state index contributed by atoms with van der Waals surface area (Å²) >= 11 is 1.68. The van der Waals surface area contributed by atoms with Crippen molar-refractivity contribution in [1.82, 2.24) is 10.9 Å². The monoisotopic (exact) mass is 358 g/mol. The Labute approximate surface area is 152 Å². The summed E-state index contributed by atoms with van der Waals surface area (Å²) < 4.78 is 5.45. The van der Waals surface area contributed by atoms with Gasteiger partial charge in [0.05, 0.1) is 0 Å². The molecule has 0 bridgehead atoms. The number of aryl methyl sites for hydroxylation is 2. The number of thioether (sulfide) groups is 1. The predicted octanol–water partition coefficient (Wildman–Crippen LogP) is 3.01. The molecule has 2 aromatic rings. The molecule has 0 aliphatic carbocycles. The van der Waals surface area contributed by atoms with Gasteiger partial charge >= 0.3 is 0 Å². The van der Waals surface area contributed by atoms with E-state index in [1.807, 2.05) is 56.5 Å². The molecule has 0 radical (unpaired) electrons. The Balaban J connectivity index is 1.83. The molecule has 2 rings (SSSR count). The summed E-state index contributed by atoms with van der Waals surface area (Å²) in [5, 5.41) is 0. The lowest BCUT2D eigenvalue weighted by molar-refractivity contribution is -0.123. The topological polar surface area (TPSA) is 67.4 Å². The summed E-state index contributed by atoms with van der Waals surface area (Å²) in [6, 6.07) is 13.0. The zero-order valence-corrected chi connectivity index (χ0v) is 15.4. The summed E-state index contributed by atoms with van der Waals surface area (Å²) in [5.74, 6) is 0.677. The van der Waals surface area contributed by atoms with E-state index in [0.29, 0.717) is 11.3 Å². The highest BCUT2D eigenvalue weighted by atomic mass is 32.2. The summed E-state index contributed by atoms with van der Waals surface area (Å²) in [7, 11) is 0. The maximum Gasteiger partial charge on any atom is 0.276 e. The summed E-state index contributed by atoms with van der Waals surface area (Å²) in [4.78, 5) is 23.9. The maximum atomic E-state index is 12.1. The predicted molar refractivity (Wildman–Crippen MR) is 101 cm³/mol. The fourth-order valence-electron chi connectivity index (χ4n) is 2.37. The van der Waals surface area contributed by atoms with E-state index in [0.717, 1.165) is 22.4 Å². The highest BCUT2D eigenvalue weighted by Gasteiger charge is 2.09. The molecule has 132 valence electrons. The molecule has 0 atom stereocenters. The van der Waals surface area contributed by atoms with Crippen molar-refractivity contribution in [2.24, 2.45) is 0 Å². The number of carbonyl (C=O) groups excluding carboxylic acids is 2. The van der Waals surface area contributed by atoms with Crippen LogP contribution in [0.15, 0.2) is 42.5 Å². The quantitative estimate of drug-likeness (QED) is 0.779. The molecule has 0 saturated carbocycles. The summed E-state index contributed by atoms with van der Waals surface area (Å²) in [5.41, 5.74) is 8.45. The number of amides is 2. The van der Waals surface area contributed by atoms with Crippen LogP contribution in [0.2, 0.25) is 0 Å². The van der Waals surface area contributed by atoms with Gasteiger partial charge in [0.15, 0.2) is 6.61 Å². The van der Waals surface area contributed by atoms with Crippen molar-refractivity contribution in [3.8, 4) is 5.75 Å². The molecule has 0 unspecified atom stereocenters. The lowest BCUT2D eigenvalue weighted by Crippen LogP contribution is -2.43. The fourth-order valence-corrected chi connectivity index (χ4v) is 2.88. The molecule has 2 amide bonds. The van der Waals surface area contributed by atoms with E-state index in [2.05, 4.69) is 10.9 Å². The normalized spacial score (nSPS) is 10.2. The van der Waals surface area contributed by atoms with Crippen LogP contribution in [0.4, 0.5) is 0 Å². The number of ether oxygens (including phenoxy) is 1. The SMILES string of the molecule is CSCc1cccc(C(=O)NNC(=O)COc2cc(C)cc(C)c2)c1. The van der Waals surface area contributed by atoms with Gasteiger partial charge in [0.2, 0.25) is 0 Å². The van der Waals surface area contributed by atoms with Gasteiger partial charge < -0.3 is 4.74 Å². The van der Waals surface area contributed by atoms with Gasteiger partial charge in [-0.15, -0.1) is 0 Å². The van der Waals surface area contributed by atoms with Crippen LogP contribution >= 0.6 is 11.8 Å². The Morgan fingerprint density at radius 1 is 1.04 bits per heavy atom. The average molecular weight is 358 g/mol. The average Bonchev–Trinajstić information content (AvgIpc) is 2.57. The number of hydrogen-bond acceptors (Lipinski definition) is 4. The first-order valence-corrected chi connectivity index (χ1v) is 9.25. The number of benzene rings is 2. The van der Waals surface area contributed by atoms with Crippen LogP contribution in [-0.2, 0) is 10.5 Å². The molecule has 6 heteroatoms. The van der Waals surface area contributed by atoms with Crippen molar-refractivity contribution < 1.29 is 14.3 Å². The molecule has 2 aromatic carbocycles. The smallest absolute Gasteiger partial charge is 0.276 e. The standard InChI is InChI=1S/C19H22N2O3S/c1-13-7-14(2)9-17(8-13)24-11-18(22)20-21-19(23)16-6-4-5-15(10-16)12-25-3/h4-10H,11-12H2,1-3H3,(H,20,22)(H,21,23). The third-order valence-corrected chi connectivity index (χ3v) is 4.00. The number of hydrazine groups is 1. The van der Waals surface area contributed by atoms with Crippen LogP contribution in [0.1, 0.15) is 27.0 Å². The largest absolute Gasteiger partial charge is 0.484 e. The number of nitrogens with one attached hydrogen (secondary N) is 2. The van der Waals surface area contributed by atoms with Crippen LogP contribution in [0, 0.1) is 13.8 Å². The first-order chi connectivity index (χ1) is 12.0. The van der Waals surface area contributed by atoms with Crippen molar-refractivity contribution in [3.63, 3.8) is 0 Å². The van der Waals surface area contributed by atoms with Crippen LogP contribution in [0.3, 0.4) is 0 Å². The first kappa shape index (κ1) is 18.9. The second kappa shape index (κ2) is 9.13. The van der Waals surface area contributed by atoms with Crippen LogP contribution in [0.25, 0.3) is 0 Å². The van der Waals surface area contributed by atoms with Crippen LogP contribution in [0.5, 0.6) is 5.75 Å².